The maximum absolute atomic E-state index is 13.2. The van der Waals surface area contributed by atoms with Gasteiger partial charge in [-0.05, 0) is 66.7 Å². The van der Waals surface area contributed by atoms with Crippen LogP contribution in [0.15, 0.2) is 85.2 Å². The zero-order chi connectivity index (χ0) is 36.1. The first-order chi connectivity index (χ1) is 23.8. The minimum atomic E-state index is -0.471. The van der Waals surface area contributed by atoms with E-state index in [1.165, 1.54) is 24.3 Å². The van der Waals surface area contributed by atoms with Gasteiger partial charge in [0, 0.05) is 72.8 Å². The average Bonchev–Trinajstić information content (AvgIpc) is 3.48. The first kappa shape index (κ1) is 35.9. The van der Waals surface area contributed by atoms with E-state index < -0.39 is 12.2 Å². The van der Waals surface area contributed by atoms with Crippen LogP contribution in [-0.2, 0) is 19.1 Å². The van der Waals surface area contributed by atoms with Gasteiger partial charge in [0.1, 0.15) is 35.5 Å². The van der Waals surface area contributed by atoms with Crippen LogP contribution in [0.25, 0.3) is 0 Å². The Bertz CT molecular complexity index is 1970. The number of amides is 2. The molecule has 4 heterocycles. The second-order valence-corrected chi connectivity index (χ2v) is 13.4. The fourth-order valence-corrected chi connectivity index (χ4v) is 5.94. The van der Waals surface area contributed by atoms with Gasteiger partial charge in [0.25, 0.3) is 11.8 Å². The molecular weight excluding hydrogens is 638 g/mol. The molecule has 256 valence electrons. The van der Waals surface area contributed by atoms with Crippen molar-refractivity contribution in [3.05, 3.63) is 119 Å². The summed E-state index contributed by atoms with van der Waals surface area (Å²) in [6.07, 6.45) is 2.31. The van der Waals surface area contributed by atoms with E-state index in [0.717, 1.165) is 11.1 Å². The predicted molar refractivity (Wildman–Crippen MR) is 187 cm³/mol. The number of carbonyl (C=O) groups excluding carboxylic acids is 2. The first-order valence-corrected chi connectivity index (χ1v) is 16.0. The van der Waals surface area contributed by atoms with Gasteiger partial charge in [0.15, 0.2) is 0 Å². The molecule has 50 heavy (non-hydrogen) atoms. The van der Waals surface area contributed by atoms with Crippen LogP contribution in [0.5, 0.6) is 0 Å². The molecule has 10 heteroatoms. The van der Waals surface area contributed by atoms with E-state index in [-0.39, 0.29) is 34.3 Å². The number of pyridine rings is 2. The summed E-state index contributed by atoms with van der Waals surface area (Å²) < 4.78 is 36.7. The number of methoxy groups -OCH3 is 2. The van der Waals surface area contributed by atoms with Crippen molar-refractivity contribution >= 4 is 23.5 Å². The molecular formula is C40H38F2N4O4. The minimum absolute atomic E-state index is 0.0786. The molecule has 2 aliphatic heterocycles. The largest absolute Gasteiger partial charge is 0.371 e. The Labute approximate surface area is 291 Å². The summed E-state index contributed by atoms with van der Waals surface area (Å²) in [5, 5.41) is 0. The quantitative estimate of drug-likeness (QED) is 0.246. The third-order valence-electron chi connectivity index (χ3n) is 8.42. The third kappa shape index (κ3) is 8.23. The molecule has 0 N–H and O–H groups in total. The lowest BCUT2D eigenvalue weighted by molar-refractivity contribution is -0.129. The number of hydrogen-bond acceptors (Lipinski definition) is 6. The number of nitrogens with zero attached hydrogens (tertiary/aromatic N) is 4. The first-order valence-electron chi connectivity index (χ1n) is 16.0. The highest BCUT2D eigenvalue weighted by Crippen LogP contribution is 2.36. The molecule has 2 aromatic carbocycles. The van der Waals surface area contributed by atoms with Crippen LogP contribution in [0.1, 0.15) is 49.9 Å². The number of carbonyl (C=O) groups is 2. The standard InChI is InChI=1S/2C20H19FN2O2/c1-20(2)13-23(19(24)18(20)25-3)17-11-8-15(12-22-17)5-4-14-6-9-16(21)10-7-14;1-20(2)13-23(19(24)18(20)25-3)17-10-9-15(12-22-17)8-7-14-5-4-6-16(21)11-14/h6-12,18H,13H2,1-3H3;4-6,9-12,18H,13H2,1-3H3. The van der Waals surface area contributed by atoms with E-state index >= 15 is 0 Å². The monoisotopic (exact) mass is 676 g/mol. The predicted octanol–water partition coefficient (Wildman–Crippen LogP) is 6.02. The number of hydrogen-bond donors (Lipinski definition) is 0. The molecule has 2 aliphatic rings. The van der Waals surface area contributed by atoms with Crippen molar-refractivity contribution in [2.45, 2.75) is 39.9 Å². The van der Waals surface area contributed by atoms with Crippen LogP contribution in [0.2, 0.25) is 0 Å². The van der Waals surface area contributed by atoms with Gasteiger partial charge in [-0.1, -0.05) is 57.4 Å². The van der Waals surface area contributed by atoms with E-state index in [9.17, 15) is 18.4 Å². The zero-order valence-electron chi connectivity index (χ0n) is 28.8. The Morgan fingerprint density at radius 1 is 0.620 bits per heavy atom. The Morgan fingerprint density at radius 3 is 1.46 bits per heavy atom. The molecule has 0 saturated carbocycles. The van der Waals surface area contributed by atoms with Crippen molar-refractivity contribution in [1.82, 2.24) is 9.97 Å². The molecule has 0 radical (unpaired) electrons. The van der Waals surface area contributed by atoms with Gasteiger partial charge >= 0.3 is 0 Å². The van der Waals surface area contributed by atoms with Crippen LogP contribution < -0.4 is 9.80 Å². The van der Waals surface area contributed by atoms with Crippen LogP contribution in [-0.4, -0.2) is 61.3 Å². The molecule has 2 aromatic heterocycles. The molecule has 4 aromatic rings. The third-order valence-corrected chi connectivity index (χ3v) is 8.42. The van der Waals surface area contributed by atoms with E-state index in [2.05, 4.69) is 33.6 Å². The normalized spacial score (nSPS) is 18.8. The number of halogens is 2. The van der Waals surface area contributed by atoms with E-state index in [1.807, 2.05) is 33.8 Å². The zero-order valence-corrected chi connectivity index (χ0v) is 28.8. The Hall–Kier alpha value is -5.42. The Balaban J connectivity index is 0.000000194. The van der Waals surface area contributed by atoms with Gasteiger partial charge in [0.05, 0.1) is 0 Å². The summed E-state index contributed by atoms with van der Waals surface area (Å²) in [5.41, 5.74) is 2.20. The number of benzene rings is 2. The summed E-state index contributed by atoms with van der Waals surface area (Å²) in [4.78, 5) is 36.9. The number of rotatable bonds is 4. The minimum Gasteiger partial charge on any atom is -0.371 e. The Morgan fingerprint density at radius 2 is 1.06 bits per heavy atom. The highest BCUT2D eigenvalue weighted by Gasteiger charge is 2.48. The lowest BCUT2D eigenvalue weighted by Gasteiger charge is -2.21. The highest BCUT2D eigenvalue weighted by molar-refractivity contribution is 5.99. The van der Waals surface area contributed by atoms with Gasteiger partial charge in [0.2, 0.25) is 0 Å². The molecule has 2 saturated heterocycles. The van der Waals surface area contributed by atoms with E-state index in [0.29, 0.717) is 35.9 Å². The van der Waals surface area contributed by atoms with Crippen molar-refractivity contribution in [3.8, 4) is 23.7 Å². The number of anilines is 2. The van der Waals surface area contributed by atoms with Crippen LogP contribution in [0, 0.1) is 46.1 Å². The molecule has 2 amide bonds. The van der Waals surface area contributed by atoms with Gasteiger partial charge in [-0.15, -0.1) is 0 Å². The van der Waals surface area contributed by atoms with Crippen LogP contribution in [0.4, 0.5) is 20.4 Å². The summed E-state index contributed by atoms with van der Waals surface area (Å²) in [7, 11) is 3.10. The van der Waals surface area contributed by atoms with Gasteiger partial charge < -0.3 is 9.47 Å². The second kappa shape index (κ2) is 15.0. The lowest BCUT2D eigenvalue weighted by atomic mass is 9.90. The fraction of sp³-hybridized carbons (Fsp3) is 0.300. The van der Waals surface area contributed by atoms with Gasteiger partial charge in [-0.3, -0.25) is 19.4 Å². The maximum Gasteiger partial charge on any atom is 0.257 e. The SMILES string of the molecule is COC1C(=O)N(c2ccc(C#Cc3ccc(F)cc3)cn2)CC1(C)C.COC1C(=O)N(c2ccc(C#Cc3cccc(F)c3)cn2)CC1(C)C. The molecule has 0 bridgehead atoms. The van der Waals surface area contributed by atoms with Crippen molar-refractivity contribution in [2.75, 3.05) is 37.1 Å². The van der Waals surface area contributed by atoms with Crippen LogP contribution in [0.3, 0.4) is 0 Å². The van der Waals surface area contributed by atoms with E-state index in [4.69, 9.17) is 9.47 Å². The summed E-state index contributed by atoms with van der Waals surface area (Å²) in [6, 6.07) is 19.3. The van der Waals surface area contributed by atoms with Crippen LogP contribution >= 0.6 is 0 Å². The Kier molecular flexibility index (Phi) is 10.8. The van der Waals surface area contributed by atoms with Gasteiger partial charge in [-0.2, -0.15) is 0 Å². The molecule has 0 spiro atoms. The molecule has 2 unspecified atom stereocenters. The summed E-state index contributed by atoms with van der Waals surface area (Å²) >= 11 is 0. The van der Waals surface area contributed by atoms with Crippen molar-refractivity contribution < 1.29 is 27.8 Å². The molecule has 6 rings (SSSR count). The van der Waals surface area contributed by atoms with Crippen molar-refractivity contribution in [3.63, 3.8) is 0 Å². The topological polar surface area (TPSA) is 84.9 Å². The number of aromatic nitrogens is 2. The molecule has 0 aliphatic carbocycles. The smallest absolute Gasteiger partial charge is 0.257 e. The van der Waals surface area contributed by atoms with E-state index in [1.54, 1.807) is 78.9 Å². The molecule has 8 nitrogen and oxygen atoms in total. The lowest BCUT2D eigenvalue weighted by Crippen LogP contribution is -2.33. The molecule has 2 atom stereocenters. The molecule has 2 fully saturated rings. The number of ether oxygens (including phenoxy) is 2. The van der Waals surface area contributed by atoms with Crippen molar-refractivity contribution in [2.24, 2.45) is 10.8 Å². The van der Waals surface area contributed by atoms with Crippen molar-refractivity contribution in [1.29, 1.82) is 0 Å². The summed E-state index contributed by atoms with van der Waals surface area (Å²) in [6.45, 7) is 9.10. The highest BCUT2D eigenvalue weighted by atomic mass is 19.1. The fourth-order valence-electron chi connectivity index (χ4n) is 5.94. The maximum atomic E-state index is 13.2. The van der Waals surface area contributed by atoms with Gasteiger partial charge in [-0.25, -0.2) is 18.7 Å². The second-order valence-electron chi connectivity index (χ2n) is 13.4. The average molecular weight is 677 g/mol. The summed E-state index contributed by atoms with van der Waals surface area (Å²) in [5.74, 6) is 12.2.